The molecule has 1 saturated heterocycles. The Balaban J connectivity index is 2.02. The molecule has 6 heteroatoms. The molecular weight excluding hydrogens is 270 g/mol. The summed E-state index contributed by atoms with van der Waals surface area (Å²) in [5.41, 5.74) is 2.42. The summed E-state index contributed by atoms with van der Waals surface area (Å²) >= 11 is 0. The molecule has 2 unspecified atom stereocenters. The number of hydrogen-bond acceptors (Lipinski definition) is 5. The van der Waals surface area contributed by atoms with E-state index < -0.39 is 12.0 Å². The molecule has 1 heterocycles. The Bertz CT molecular complexity index is 641. The van der Waals surface area contributed by atoms with Gasteiger partial charge < -0.3 is 25.9 Å². The standard InChI is InChI=1S/C15H17N3O3/c1-17-8-11(7-16)9-2-3-12-10(6-9)4-5-15(12)13(19)18-14(20)21-15/h2-3,6-8,14,16-17,20H,4-5H2,1H3,(H,18,19)/b11-8+,16-7?. The van der Waals surface area contributed by atoms with Crippen LogP contribution in [0.5, 0.6) is 0 Å². The first-order chi connectivity index (χ1) is 10.1. The maximum absolute atomic E-state index is 12.1. The normalized spacial score (nSPS) is 27.6. The van der Waals surface area contributed by atoms with Gasteiger partial charge in [0.15, 0.2) is 5.60 Å². The minimum atomic E-state index is -1.25. The van der Waals surface area contributed by atoms with Crippen molar-refractivity contribution in [2.24, 2.45) is 0 Å². The highest BCUT2D eigenvalue weighted by Crippen LogP contribution is 2.43. The van der Waals surface area contributed by atoms with Gasteiger partial charge in [-0.1, -0.05) is 18.2 Å². The van der Waals surface area contributed by atoms with Crippen LogP contribution in [-0.2, 0) is 21.6 Å². The number of allylic oxidation sites excluding steroid dienone is 1. The molecule has 21 heavy (non-hydrogen) atoms. The lowest BCUT2D eigenvalue weighted by atomic mass is 9.93. The number of aryl methyl sites for hydroxylation is 1. The quantitative estimate of drug-likeness (QED) is 0.608. The van der Waals surface area contributed by atoms with Gasteiger partial charge in [0.1, 0.15) is 0 Å². The Hall–Kier alpha value is -2.18. The van der Waals surface area contributed by atoms with Crippen molar-refractivity contribution in [2.45, 2.75) is 24.9 Å². The molecule has 6 nitrogen and oxygen atoms in total. The number of carbonyl (C=O) groups is 1. The predicted molar refractivity (Wildman–Crippen MR) is 77.5 cm³/mol. The highest BCUT2D eigenvalue weighted by molar-refractivity contribution is 6.08. The summed E-state index contributed by atoms with van der Waals surface area (Å²) in [5, 5.41) is 22.3. The van der Waals surface area contributed by atoms with Crippen molar-refractivity contribution >= 4 is 17.7 Å². The van der Waals surface area contributed by atoms with Gasteiger partial charge in [-0.05, 0) is 29.5 Å². The number of aliphatic hydroxyl groups is 1. The topological polar surface area (TPSA) is 94.4 Å². The van der Waals surface area contributed by atoms with Gasteiger partial charge in [0.25, 0.3) is 5.91 Å². The summed E-state index contributed by atoms with van der Waals surface area (Å²) in [5.74, 6) is -0.292. The van der Waals surface area contributed by atoms with E-state index in [-0.39, 0.29) is 5.91 Å². The number of nitrogens with one attached hydrogen (secondary N) is 3. The maximum atomic E-state index is 12.1. The van der Waals surface area contributed by atoms with Crippen LogP contribution in [0.2, 0.25) is 0 Å². The zero-order chi connectivity index (χ0) is 15.0. The molecule has 0 saturated carbocycles. The van der Waals surface area contributed by atoms with E-state index in [2.05, 4.69) is 10.6 Å². The number of amides is 1. The number of rotatable bonds is 3. The van der Waals surface area contributed by atoms with Crippen LogP contribution in [0, 0.1) is 5.41 Å². The number of carbonyl (C=O) groups excluding carboxylic acids is 1. The van der Waals surface area contributed by atoms with Gasteiger partial charge in [-0.3, -0.25) is 4.79 Å². The highest BCUT2D eigenvalue weighted by Gasteiger charge is 2.52. The summed E-state index contributed by atoms with van der Waals surface area (Å²) in [6, 6.07) is 5.68. The van der Waals surface area contributed by atoms with Crippen molar-refractivity contribution < 1.29 is 14.6 Å². The van der Waals surface area contributed by atoms with E-state index in [9.17, 15) is 9.90 Å². The first-order valence-electron chi connectivity index (χ1n) is 6.79. The van der Waals surface area contributed by atoms with Gasteiger partial charge in [0.05, 0.1) is 0 Å². The summed E-state index contributed by atoms with van der Waals surface area (Å²) in [6.07, 6.45) is 3.01. The third-order valence-electron chi connectivity index (χ3n) is 4.01. The van der Waals surface area contributed by atoms with Crippen molar-refractivity contribution in [2.75, 3.05) is 7.05 Å². The van der Waals surface area contributed by atoms with Crippen molar-refractivity contribution in [3.8, 4) is 0 Å². The molecule has 1 aliphatic heterocycles. The SMILES string of the molecule is CN/C=C(\C=N)c1ccc2c(c1)CCC21OC(O)NC1=O. The van der Waals surface area contributed by atoms with Gasteiger partial charge in [-0.25, -0.2) is 0 Å². The van der Waals surface area contributed by atoms with Crippen LogP contribution in [-0.4, -0.2) is 30.7 Å². The number of hydrogen-bond donors (Lipinski definition) is 4. The van der Waals surface area contributed by atoms with E-state index in [0.717, 1.165) is 22.3 Å². The smallest absolute Gasteiger partial charge is 0.260 e. The van der Waals surface area contributed by atoms with Gasteiger partial charge >= 0.3 is 0 Å². The molecule has 1 aromatic rings. The molecule has 1 aromatic carbocycles. The lowest BCUT2D eigenvalue weighted by Crippen LogP contribution is -2.34. The van der Waals surface area contributed by atoms with Crippen molar-refractivity contribution in [1.82, 2.24) is 10.6 Å². The summed E-state index contributed by atoms with van der Waals surface area (Å²) in [7, 11) is 1.78. The lowest BCUT2D eigenvalue weighted by Gasteiger charge is -2.20. The second kappa shape index (κ2) is 4.98. The van der Waals surface area contributed by atoms with Crippen LogP contribution in [0.3, 0.4) is 0 Å². The first kappa shape index (κ1) is 13.8. The molecule has 1 spiro atoms. The Kier molecular flexibility index (Phi) is 3.27. The van der Waals surface area contributed by atoms with E-state index in [1.807, 2.05) is 18.2 Å². The Labute approximate surface area is 122 Å². The van der Waals surface area contributed by atoms with E-state index in [1.54, 1.807) is 13.2 Å². The predicted octanol–water partition coefficient (Wildman–Crippen LogP) is 0.460. The Morgan fingerprint density at radius 1 is 1.62 bits per heavy atom. The largest absolute Gasteiger partial charge is 0.393 e. The van der Waals surface area contributed by atoms with Crippen LogP contribution >= 0.6 is 0 Å². The Morgan fingerprint density at radius 3 is 3.05 bits per heavy atom. The zero-order valence-electron chi connectivity index (χ0n) is 11.6. The van der Waals surface area contributed by atoms with Crippen LogP contribution in [0.15, 0.2) is 24.4 Å². The van der Waals surface area contributed by atoms with E-state index >= 15 is 0 Å². The van der Waals surface area contributed by atoms with Crippen LogP contribution in [0.25, 0.3) is 5.57 Å². The second-order valence-electron chi connectivity index (χ2n) is 5.18. The van der Waals surface area contributed by atoms with E-state index in [1.165, 1.54) is 6.21 Å². The van der Waals surface area contributed by atoms with Crippen LogP contribution < -0.4 is 10.6 Å². The molecule has 110 valence electrons. The third-order valence-corrected chi connectivity index (χ3v) is 4.01. The van der Waals surface area contributed by atoms with E-state index in [4.69, 9.17) is 10.1 Å². The maximum Gasteiger partial charge on any atom is 0.260 e. The first-order valence-corrected chi connectivity index (χ1v) is 6.79. The molecule has 3 rings (SSSR count). The Morgan fingerprint density at radius 2 is 2.43 bits per heavy atom. The van der Waals surface area contributed by atoms with Crippen LogP contribution in [0.1, 0.15) is 23.1 Å². The zero-order valence-corrected chi connectivity index (χ0v) is 11.6. The van der Waals surface area contributed by atoms with Gasteiger partial charge in [0, 0.05) is 25.0 Å². The average molecular weight is 287 g/mol. The molecule has 4 N–H and O–H groups in total. The van der Waals surface area contributed by atoms with Crippen molar-refractivity contribution in [3.05, 3.63) is 41.1 Å². The monoisotopic (exact) mass is 287 g/mol. The average Bonchev–Trinajstić information content (AvgIpc) is 2.97. The van der Waals surface area contributed by atoms with Crippen molar-refractivity contribution in [3.63, 3.8) is 0 Å². The molecule has 0 bridgehead atoms. The fourth-order valence-electron chi connectivity index (χ4n) is 3.04. The van der Waals surface area contributed by atoms with Crippen molar-refractivity contribution in [1.29, 1.82) is 5.41 Å². The summed E-state index contributed by atoms with van der Waals surface area (Å²) in [4.78, 5) is 12.1. The number of benzene rings is 1. The molecule has 2 aliphatic rings. The highest BCUT2D eigenvalue weighted by atomic mass is 16.7. The number of fused-ring (bicyclic) bond motifs is 2. The van der Waals surface area contributed by atoms with Gasteiger partial charge in [-0.15, -0.1) is 0 Å². The molecular formula is C15H17N3O3. The summed E-state index contributed by atoms with van der Waals surface area (Å²) < 4.78 is 5.45. The third kappa shape index (κ3) is 2.03. The fourth-order valence-corrected chi connectivity index (χ4v) is 3.04. The summed E-state index contributed by atoms with van der Waals surface area (Å²) in [6.45, 7) is 0. The minimum absolute atomic E-state index is 0.292. The molecule has 2 atom stereocenters. The number of aliphatic hydroxyl groups excluding tert-OH is 1. The molecule has 0 aromatic heterocycles. The minimum Gasteiger partial charge on any atom is -0.393 e. The number of ether oxygens (including phenoxy) is 1. The van der Waals surface area contributed by atoms with Gasteiger partial charge in [0.2, 0.25) is 6.41 Å². The second-order valence-corrected chi connectivity index (χ2v) is 5.18. The van der Waals surface area contributed by atoms with Crippen LogP contribution in [0.4, 0.5) is 0 Å². The molecule has 1 fully saturated rings. The molecule has 0 radical (unpaired) electrons. The lowest BCUT2D eigenvalue weighted by molar-refractivity contribution is -0.155. The fraction of sp³-hybridized carbons (Fsp3) is 0.333. The molecule has 1 aliphatic carbocycles. The molecule has 1 amide bonds. The van der Waals surface area contributed by atoms with Gasteiger partial charge in [-0.2, -0.15) is 0 Å². The van der Waals surface area contributed by atoms with E-state index in [0.29, 0.717) is 12.8 Å².